The lowest BCUT2D eigenvalue weighted by Crippen LogP contribution is -2.34. The average Bonchev–Trinajstić information content (AvgIpc) is 3.20. The topological polar surface area (TPSA) is 232 Å². The van der Waals surface area contributed by atoms with E-state index in [1.54, 1.807) is 42.5 Å². The van der Waals surface area contributed by atoms with Crippen molar-refractivity contribution in [2.45, 2.75) is 179 Å². The Balaban J connectivity index is 4.73. The Kier molecular flexibility index (Phi) is 36.1. The Labute approximate surface area is 353 Å². The lowest BCUT2D eigenvalue weighted by Gasteiger charge is -2.20. The van der Waals surface area contributed by atoms with E-state index in [2.05, 4.69) is 30.5 Å². The smallest absolute Gasteiger partial charge is 0.472 e. The van der Waals surface area contributed by atoms with E-state index >= 15 is 0 Å². The van der Waals surface area contributed by atoms with Gasteiger partial charge in [0.15, 0.2) is 6.10 Å². The molecule has 7 N–H and O–H groups in total. The summed E-state index contributed by atoms with van der Waals surface area (Å²) in [4.78, 5) is 46.0. The molecule has 14 nitrogen and oxygen atoms in total. The summed E-state index contributed by atoms with van der Waals surface area (Å²) >= 11 is 0. The number of carboxylic acid groups (broad SMARTS) is 1. The Hall–Kier alpha value is -2.94. The molecule has 0 fully saturated rings. The second kappa shape index (κ2) is 38.0. The van der Waals surface area contributed by atoms with Gasteiger partial charge in [-0.25, -0.2) is 4.57 Å². The molecule has 0 aromatic rings. The minimum absolute atomic E-state index is 0.0475. The third-order valence-electron chi connectivity index (χ3n) is 9.10. The van der Waals surface area contributed by atoms with Gasteiger partial charge in [0.2, 0.25) is 0 Å². The van der Waals surface area contributed by atoms with Gasteiger partial charge in [0, 0.05) is 12.8 Å². The van der Waals surface area contributed by atoms with Gasteiger partial charge in [0.25, 0.3) is 0 Å². The van der Waals surface area contributed by atoms with Crippen LogP contribution in [0.2, 0.25) is 0 Å². The van der Waals surface area contributed by atoms with E-state index < -0.39 is 76.0 Å². The van der Waals surface area contributed by atoms with Crippen LogP contribution in [0.25, 0.3) is 0 Å². The number of ether oxygens (including phenoxy) is 2. The number of esters is 2. The molecule has 0 bridgehead atoms. The Bertz CT molecular complexity index is 1290. The predicted molar refractivity (Wildman–Crippen MR) is 230 cm³/mol. The maximum absolute atomic E-state index is 12.6. The van der Waals surface area contributed by atoms with Gasteiger partial charge in [0.05, 0.1) is 31.5 Å². The molecule has 0 saturated carbocycles. The molecule has 0 saturated heterocycles. The fourth-order valence-electron chi connectivity index (χ4n) is 5.50. The van der Waals surface area contributed by atoms with Crippen LogP contribution in [-0.4, -0.2) is 93.5 Å². The number of nitrogens with two attached hydrogens (primary N) is 1. The number of hydrogen-bond donors (Lipinski definition) is 6. The molecule has 0 radical (unpaired) electrons. The van der Waals surface area contributed by atoms with Crippen LogP contribution >= 0.6 is 7.82 Å². The number of phosphoric acid groups is 1. The van der Waals surface area contributed by atoms with Crippen LogP contribution in [0.5, 0.6) is 0 Å². The molecular formula is C44H76NO13P. The lowest BCUT2D eigenvalue weighted by atomic mass is 10.1. The van der Waals surface area contributed by atoms with Crippen molar-refractivity contribution in [3.05, 3.63) is 60.8 Å². The van der Waals surface area contributed by atoms with Gasteiger partial charge in [-0.2, -0.15) is 0 Å². The normalized spacial score (nSPS) is 15.9. The predicted octanol–water partition coefficient (Wildman–Crippen LogP) is 8.08. The zero-order chi connectivity index (χ0) is 44.0. The van der Waals surface area contributed by atoms with Crippen molar-refractivity contribution in [3.63, 3.8) is 0 Å². The quantitative estimate of drug-likeness (QED) is 0.0113. The molecule has 59 heavy (non-hydrogen) atoms. The van der Waals surface area contributed by atoms with E-state index in [0.717, 1.165) is 64.2 Å². The first kappa shape index (κ1) is 56.1. The number of carboxylic acids is 1. The van der Waals surface area contributed by atoms with Crippen LogP contribution in [0.4, 0.5) is 0 Å². The number of hydrogen-bond acceptors (Lipinski definition) is 12. The van der Waals surface area contributed by atoms with E-state index in [0.29, 0.717) is 6.42 Å². The first-order valence-corrected chi connectivity index (χ1v) is 23.1. The van der Waals surface area contributed by atoms with Crippen molar-refractivity contribution in [3.8, 4) is 0 Å². The molecule has 15 heteroatoms. The van der Waals surface area contributed by atoms with Crippen LogP contribution in [0.15, 0.2) is 60.8 Å². The zero-order valence-electron chi connectivity index (χ0n) is 35.7. The number of carbonyl (C=O) groups is 3. The van der Waals surface area contributed by atoms with Crippen molar-refractivity contribution in [2.24, 2.45) is 5.73 Å². The van der Waals surface area contributed by atoms with Gasteiger partial charge >= 0.3 is 25.7 Å². The summed E-state index contributed by atoms with van der Waals surface area (Å²) in [5.74, 6) is -2.77. The minimum Gasteiger partial charge on any atom is -0.480 e. The molecule has 340 valence electrons. The van der Waals surface area contributed by atoms with Gasteiger partial charge in [-0.05, 0) is 51.4 Å². The Morgan fingerprint density at radius 2 is 1.15 bits per heavy atom. The molecule has 1 unspecified atom stereocenters. The summed E-state index contributed by atoms with van der Waals surface area (Å²) in [5, 5.41) is 39.4. The highest BCUT2D eigenvalue weighted by Gasteiger charge is 2.28. The van der Waals surface area contributed by atoms with E-state index in [1.807, 2.05) is 0 Å². The van der Waals surface area contributed by atoms with Crippen molar-refractivity contribution in [1.82, 2.24) is 0 Å². The SMILES string of the molecule is CCCCCC/C=C\CCCCCCCCCC(=O)OC[C@H](COP(=O)(O)OC[C@H](N)C(=O)O)OC(=O)CCC[C@H](O)[C@@H](O)/C=C/C=C/C=C\C=C\[C@@H](O)CCCCC. The fourth-order valence-corrected chi connectivity index (χ4v) is 6.28. The molecule has 0 aromatic heterocycles. The van der Waals surface area contributed by atoms with Crippen LogP contribution in [0.3, 0.4) is 0 Å². The largest absolute Gasteiger partial charge is 0.480 e. The summed E-state index contributed by atoms with van der Waals surface area (Å²) < 4.78 is 32.4. The number of allylic oxidation sites excluding steroid dienone is 8. The van der Waals surface area contributed by atoms with Crippen LogP contribution in [0.1, 0.15) is 149 Å². The summed E-state index contributed by atoms with van der Waals surface area (Å²) in [7, 11) is -4.82. The number of carbonyl (C=O) groups excluding carboxylic acids is 2. The summed E-state index contributed by atoms with van der Waals surface area (Å²) in [5.41, 5.74) is 5.31. The van der Waals surface area contributed by atoms with Crippen LogP contribution < -0.4 is 5.73 Å². The first-order chi connectivity index (χ1) is 28.3. The highest BCUT2D eigenvalue weighted by atomic mass is 31.2. The molecule has 0 aliphatic rings. The molecule has 6 atom stereocenters. The van der Waals surface area contributed by atoms with Gasteiger partial charge in [-0.15, -0.1) is 0 Å². The molecular weight excluding hydrogens is 781 g/mol. The molecule has 0 aromatic carbocycles. The number of aliphatic carboxylic acids is 1. The van der Waals surface area contributed by atoms with Crippen LogP contribution in [0, 0.1) is 0 Å². The first-order valence-electron chi connectivity index (χ1n) is 21.6. The summed E-state index contributed by atoms with van der Waals surface area (Å²) in [6.45, 7) is 2.32. The van der Waals surface area contributed by atoms with Gasteiger partial charge in [-0.3, -0.25) is 23.4 Å². The average molecular weight is 858 g/mol. The maximum atomic E-state index is 12.6. The molecule has 0 aliphatic heterocycles. The minimum atomic E-state index is -4.82. The van der Waals surface area contributed by atoms with Crippen molar-refractivity contribution >= 4 is 25.7 Å². The molecule has 0 spiro atoms. The lowest BCUT2D eigenvalue weighted by molar-refractivity contribution is -0.161. The number of rotatable bonds is 39. The molecule has 0 heterocycles. The number of aliphatic hydroxyl groups excluding tert-OH is 3. The number of aliphatic hydroxyl groups is 3. The second-order valence-corrected chi connectivity index (χ2v) is 16.1. The van der Waals surface area contributed by atoms with Crippen molar-refractivity contribution < 1.29 is 62.8 Å². The van der Waals surface area contributed by atoms with E-state index in [4.69, 9.17) is 24.8 Å². The highest BCUT2D eigenvalue weighted by molar-refractivity contribution is 7.47. The third kappa shape index (κ3) is 36.6. The monoisotopic (exact) mass is 858 g/mol. The summed E-state index contributed by atoms with van der Waals surface area (Å²) in [6, 6.07) is -1.58. The van der Waals surface area contributed by atoms with E-state index in [1.165, 1.54) is 44.6 Å². The highest BCUT2D eigenvalue weighted by Crippen LogP contribution is 2.43. The molecule has 0 amide bonds. The van der Waals surface area contributed by atoms with Gasteiger partial charge < -0.3 is 40.5 Å². The van der Waals surface area contributed by atoms with E-state index in [9.17, 15) is 39.2 Å². The Morgan fingerprint density at radius 1 is 0.627 bits per heavy atom. The molecule has 0 rings (SSSR count). The van der Waals surface area contributed by atoms with Crippen LogP contribution in [-0.2, 0) is 37.5 Å². The van der Waals surface area contributed by atoms with Crippen molar-refractivity contribution in [1.29, 1.82) is 0 Å². The molecule has 0 aliphatic carbocycles. The fraction of sp³-hybridized carbons (Fsp3) is 0.705. The van der Waals surface area contributed by atoms with Gasteiger partial charge in [-0.1, -0.05) is 145 Å². The standard InChI is InChI=1S/C44H76NO13P/c1-3-5-7-8-9-10-11-12-13-14-15-16-17-22-26-32-42(49)55-34-38(35-56-59(53,54)57-36-39(45)44(51)52)58-43(50)33-27-31-41(48)40(47)30-25-21-19-18-20-24-29-37(46)28-23-6-4-2/h10-11,18-21,24-25,29-30,37-41,46-48H,3-9,12-17,22-23,26-28,31-36,45H2,1-2H3,(H,51,52)(H,53,54)/b11-10-,20-18-,21-19+,29-24+,30-25+/t37-,38+,39-,40-,41-/m0/s1. The second-order valence-electron chi connectivity index (χ2n) is 14.7. The summed E-state index contributed by atoms with van der Waals surface area (Å²) in [6.07, 6.45) is 32.2. The zero-order valence-corrected chi connectivity index (χ0v) is 36.6. The maximum Gasteiger partial charge on any atom is 0.472 e. The Morgan fingerprint density at radius 3 is 1.78 bits per heavy atom. The number of unbranched alkanes of at least 4 members (excludes halogenated alkanes) is 13. The third-order valence-corrected chi connectivity index (χ3v) is 10.1. The van der Waals surface area contributed by atoms with Gasteiger partial charge in [0.1, 0.15) is 12.6 Å². The van der Waals surface area contributed by atoms with Crippen molar-refractivity contribution in [2.75, 3.05) is 19.8 Å². The number of phosphoric ester groups is 1. The van der Waals surface area contributed by atoms with E-state index in [-0.39, 0.29) is 25.7 Å².